The SMILES string of the molecule is COC(=O)C(=O)Nc1ccc(Cl)c(OCC2C=CC(OC(F)(F)F)=CC2)c1. The van der Waals surface area contributed by atoms with Crippen molar-refractivity contribution in [3.63, 3.8) is 0 Å². The summed E-state index contributed by atoms with van der Waals surface area (Å²) < 4.78 is 50.2. The van der Waals surface area contributed by atoms with Crippen molar-refractivity contribution in [2.45, 2.75) is 12.8 Å². The summed E-state index contributed by atoms with van der Waals surface area (Å²) in [6, 6.07) is 4.36. The fourth-order valence-corrected chi connectivity index (χ4v) is 2.31. The summed E-state index contributed by atoms with van der Waals surface area (Å²) in [5.41, 5.74) is 0.268. The van der Waals surface area contributed by atoms with Crippen LogP contribution in [0.1, 0.15) is 6.42 Å². The Balaban J connectivity index is 1.93. The molecule has 146 valence electrons. The topological polar surface area (TPSA) is 73.9 Å². The maximum absolute atomic E-state index is 12.2. The van der Waals surface area contributed by atoms with E-state index in [1.54, 1.807) is 0 Å². The van der Waals surface area contributed by atoms with E-state index in [1.165, 1.54) is 36.4 Å². The molecule has 0 aliphatic heterocycles. The van der Waals surface area contributed by atoms with Crippen molar-refractivity contribution < 1.29 is 37.0 Å². The summed E-state index contributed by atoms with van der Waals surface area (Å²) >= 11 is 6.03. The molecule has 1 amide bonds. The lowest BCUT2D eigenvalue weighted by atomic mass is 10.0. The fourth-order valence-electron chi connectivity index (χ4n) is 2.14. The van der Waals surface area contributed by atoms with Gasteiger partial charge in [-0.15, -0.1) is 13.2 Å². The third-order valence-corrected chi connectivity index (χ3v) is 3.71. The fraction of sp³-hybridized carbons (Fsp3) is 0.294. The number of hydrogen-bond acceptors (Lipinski definition) is 5. The van der Waals surface area contributed by atoms with Gasteiger partial charge >= 0.3 is 18.2 Å². The van der Waals surface area contributed by atoms with E-state index in [2.05, 4.69) is 14.8 Å². The second-order valence-corrected chi connectivity index (χ2v) is 5.82. The molecular weight excluding hydrogens is 391 g/mol. The minimum atomic E-state index is -4.73. The van der Waals surface area contributed by atoms with E-state index in [0.717, 1.165) is 7.11 Å². The molecule has 0 radical (unpaired) electrons. The molecule has 1 aromatic rings. The van der Waals surface area contributed by atoms with Crippen molar-refractivity contribution in [2.75, 3.05) is 19.0 Å². The highest BCUT2D eigenvalue weighted by atomic mass is 35.5. The number of amides is 1. The number of anilines is 1. The molecule has 0 spiro atoms. The number of carbonyl (C=O) groups is 2. The van der Waals surface area contributed by atoms with Gasteiger partial charge in [0.05, 0.1) is 18.7 Å². The molecule has 0 saturated carbocycles. The van der Waals surface area contributed by atoms with Gasteiger partial charge in [0, 0.05) is 17.7 Å². The Labute approximate surface area is 157 Å². The van der Waals surface area contributed by atoms with Crippen LogP contribution in [0.3, 0.4) is 0 Å². The second-order valence-electron chi connectivity index (χ2n) is 5.41. The second kappa shape index (κ2) is 8.81. The Hall–Kier alpha value is -2.68. The maximum Gasteiger partial charge on any atom is 0.573 e. The lowest BCUT2D eigenvalue weighted by Crippen LogP contribution is -2.23. The molecular formula is C17H15ClF3NO5. The zero-order valence-corrected chi connectivity index (χ0v) is 14.8. The van der Waals surface area contributed by atoms with E-state index in [-0.39, 0.29) is 41.2 Å². The van der Waals surface area contributed by atoms with Crippen LogP contribution in [0, 0.1) is 5.92 Å². The van der Waals surface area contributed by atoms with E-state index >= 15 is 0 Å². The number of rotatable bonds is 5. The molecule has 10 heteroatoms. The molecule has 2 rings (SSSR count). The van der Waals surface area contributed by atoms with Gasteiger partial charge in [-0.2, -0.15) is 0 Å². The number of carbonyl (C=O) groups excluding carboxylic acids is 2. The van der Waals surface area contributed by atoms with Gasteiger partial charge < -0.3 is 19.5 Å². The summed E-state index contributed by atoms with van der Waals surface area (Å²) in [6.07, 6.45) is -0.367. The van der Waals surface area contributed by atoms with Crippen LogP contribution in [0.5, 0.6) is 5.75 Å². The maximum atomic E-state index is 12.2. The summed E-state index contributed by atoms with van der Waals surface area (Å²) in [4.78, 5) is 22.6. The van der Waals surface area contributed by atoms with E-state index in [0.29, 0.717) is 0 Å². The number of allylic oxidation sites excluding steroid dienone is 2. The third kappa shape index (κ3) is 6.52. The smallest absolute Gasteiger partial charge is 0.491 e. The van der Waals surface area contributed by atoms with Gasteiger partial charge in [0.1, 0.15) is 11.5 Å². The first-order chi connectivity index (χ1) is 12.7. The molecule has 0 aromatic heterocycles. The van der Waals surface area contributed by atoms with E-state index in [1.807, 2.05) is 0 Å². The Bertz CT molecular complexity index is 776. The number of halogens is 4. The number of nitrogens with one attached hydrogen (secondary N) is 1. The number of alkyl halides is 3. The van der Waals surface area contributed by atoms with Crippen molar-refractivity contribution in [1.29, 1.82) is 0 Å². The molecule has 1 aromatic carbocycles. The standard InChI is InChI=1S/C17H15ClF3NO5/c1-25-16(24)15(23)22-11-4-7-13(18)14(8-11)26-9-10-2-5-12(6-3-10)27-17(19,20)21/h2,4-8,10H,3,9H2,1H3,(H,22,23). The average Bonchev–Trinajstić information content (AvgIpc) is 2.61. The van der Waals surface area contributed by atoms with Crippen LogP contribution in [-0.2, 0) is 19.1 Å². The minimum Gasteiger partial charge on any atom is -0.491 e. The van der Waals surface area contributed by atoms with Crippen LogP contribution in [0.25, 0.3) is 0 Å². The molecule has 1 unspecified atom stereocenters. The number of esters is 1. The predicted molar refractivity (Wildman–Crippen MR) is 90.1 cm³/mol. The van der Waals surface area contributed by atoms with Crippen LogP contribution < -0.4 is 10.1 Å². The molecule has 0 saturated heterocycles. The summed E-state index contributed by atoms with van der Waals surface area (Å²) in [7, 11) is 1.08. The molecule has 1 N–H and O–H groups in total. The molecule has 0 bridgehead atoms. The molecule has 0 heterocycles. The average molecular weight is 406 g/mol. The van der Waals surface area contributed by atoms with Crippen LogP contribution in [0.2, 0.25) is 5.02 Å². The zero-order chi connectivity index (χ0) is 20.0. The minimum absolute atomic E-state index is 0.139. The first kappa shape index (κ1) is 20.6. The Morgan fingerprint density at radius 2 is 2.07 bits per heavy atom. The van der Waals surface area contributed by atoms with Gasteiger partial charge in [0.2, 0.25) is 0 Å². The Morgan fingerprint density at radius 3 is 2.67 bits per heavy atom. The van der Waals surface area contributed by atoms with E-state index in [9.17, 15) is 22.8 Å². The van der Waals surface area contributed by atoms with Crippen molar-refractivity contribution in [3.8, 4) is 5.75 Å². The molecule has 6 nitrogen and oxygen atoms in total. The number of ether oxygens (including phenoxy) is 3. The summed E-state index contributed by atoms with van der Waals surface area (Å²) in [5, 5.41) is 2.59. The van der Waals surface area contributed by atoms with E-state index in [4.69, 9.17) is 16.3 Å². The number of methoxy groups -OCH3 is 1. The molecule has 1 atom stereocenters. The number of benzene rings is 1. The summed E-state index contributed by atoms with van der Waals surface area (Å²) in [5.74, 6) is -2.22. The lowest BCUT2D eigenvalue weighted by Gasteiger charge is -2.18. The normalized spacial score (nSPS) is 16.3. The van der Waals surface area contributed by atoms with Gasteiger partial charge in [-0.3, -0.25) is 4.79 Å². The Morgan fingerprint density at radius 1 is 1.33 bits per heavy atom. The van der Waals surface area contributed by atoms with Crippen LogP contribution in [0.15, 0.2) is 42.2 Å². The zero-order valence-electron chi connectivity index (χ0n) is 14.0. The largest absolute Gasteiger partial charge is 0.573 e. The Kier molecular flexibility index (Phi) is 6.73. The van der Waals surface area contributed by atoms with Crippen molar-refractivity contribution in [1.82, 2.24) is 0 Å². The highest BCUT2D eigenvalue weighted by Crippen LogP contribution is 2.30. The van der Waals surface area contributed by atoms with Gasteiger partial charge in [0.15, 0.2) is 0 Å². The van der Waals surface area contributed by atoms with Crippen LogP contribution >= 0.6 is 11.6 Å². The monoisotopic (exact) mass is 405 g/mol. The molecule has 1 aliphatic carbocycles. The third-order valence-electron chi connectivity index (χ3n) is 3.40. The van der Waals surface area contributed by atoms with Gasteiger partial charge in [-0.1, -0.05) is 17.7 Å². The first-order valence-electron chi connectivity index (χ1n) is 7.63. The van der Waals surface area contributed by atoms with Crippen molar-refractivity contribution in [3.05, 3.63) is 47.2 Å². The van der Waals surface area contributed by atoms with Gasteiger partial charge in [-0.05, 0) is 30.7 Å². The number of hydrogen-bond donors (Lipinski definition) is 1. The molecule has 0 fully saturated rings. The van der Waals surface area contributed by atoms with Crippen LogP contribution in [0.4, 0.5) is 18.9 Å². The van der Waals surface area contributed by atoms with Crippen molar-refractivity contribution in [2.24, 2.45) is 5.92 Å². The van der Waals surface area contributed by atoms with Gasteiger partial charge in [0.25, 0.3) is 0 Å². The van der Waals surface area contributed by atoms with E-state index < -0.39 is 18.2 Å². The highest BCUT2D eigenvalue weighted by molar-refractivity contribution is 6.37. The molecule has 1 aliphatic rings. The molecule has 27 heavy (non-hydrogen) atoms. The van der Waals surface area contributed by atoms with Gasteiger partial charge in [-0.25, -0.2) is 4.79 Å². The van der Waals surface area contributed by atoms with Crippen LogP contribution in [-0.4, -0.2) is 32.0 Å². The predicted octanol–water partition coefficient (Wildman–Crippen LogP) is 3.83. The lowest BCUT2D eigenvalue weighted by molar-refractivity contribution is -0.303. The highest BCUT2D eigenvalue weighted by Gasteiger charge is 2.32. The van der Waals surface area contributed by atoms with Crippen molar-refractivity contribution >= 4 is 29.2 Å². The first-order valence-corrected chi connectivity index (χ1v) is 8.01. The summed E-state index contributed by atoms with van der Waals surface area (Å²) in [6.45, 7) is 0.139. The quantitative estimate of drug-likeness (QED) is 0.595.